The lowest BCUT2D eigenvalue weighted by Gasteiger charge is -2.81. The average molecular weight is 1040 g/mol. The van der Waals surface area contributed by atoms with Crippen LogP contribution in [0.2, 0.25) is 0 Å². The first-order valence-electron chi connectivity index (χ1n) is 29.4. The zero-order valence-corrected chi connectivity index (χ0v) is 49.9. The van der Waals surface area contributed by atoms with Crippen LogP contribution in [-0.2, 0) is 32.5 Å². The average Bonchev–Trinajstić information content (AvgIpc) is 1.97. The second-order valence-corrected chi connectivity index (χ2v) is 28.3. The molecule has 0 aromatic heterocycles. The molecule has 0 nitrogen and oxygen atoms in total. The number of aryl methyl sites for hydroxylation is 12. The van der Waals surface area contributed by atoms with Crippen LogP contribution in [0.5, 0.6) is 0 Å². The molecule has 0 aliphatic heterocycles. The first-order chi connectivity index (χ1) is 37.9. The van der Waals surface area contributed by atoms with Crippen molar-refractivity contribution in [2.75, 3.05) is 0 Å². The molecule has 80 heavy (non-hydrogen) atoms. The highest BCUT2D eigenvalue weighted by atomic mass is 14.8. The number of benzene rings is 6. The summed E-state index contributed by atoms with van der Waals surface area (Å²) in [5, 5.41) is 0. The molecular weight excluding hydrogens is 961 g/mol. The van der Waals surface area contributed by atoms with Gasteiger partial charge in [0.1, 0.15) is 0 Å². The molecule has 0 radical (unpaired) electrons. The molecule has 0 atom stereocenters. The lowest BCUT2D eigenvalue weighted by molar-refractivity contribution is -0.237. The van der Waals surface area contributed by atoms with Crippen LogP contribution in [0.1, 0.15) is 211 Å². The SMILES string of the molecule is C#Cc1c(C)cc(C)cc1C12CC3(c4cc(C)cc(C)c4C#C)CC(c4cc(C)cc(C)c4C#C)(C1)CC(C14CC5(c6cc(C)cc(C)c6C#C)CC(c6cc(C)cc(C)c6C#C)(CC(c6cc(C)cc(C)c6C#C)(C5)C1)C4)(C2)C3. The third-order valence-corrected chi connectivity index (χ3v) is 22.4. The number of rotatable bonds is 7. The van der Waals surface area contributed by atoms with Crippen LogP contribution in [0, 0.1) is 168 Å². The highest BCUT2D eigenvalue weighted by Gasteiger charge is 2.80. The largest absolute Gasteiger partial charge is 0.115 e. The van der Waals surface area contributed by atoms with Crippen molar-refractivity contribution in [2.24, 2.45) is 10.8 Å². The molecule has 8 bridgehead atoms. The molecule has 8 saturated carbocycles. The van der Waals surface area contributed by atoms with Gasteiger partial charge in [0, 0.05) is 33.4 Å². The van der Waals surface area contributed by atoms with E-state index in [-0.39, 0.29) is 43.3 Å². The van der Waals surface area contributed by atoms with Crippen LogP contribution in [-0.4, -0.2) is 0 Å². The Balaban J connectivity index is 1.30. The zero-order valence-electron chi connectivity index (χ0n) is 49.9. The van der Waals surface area contributed by atoms with E-state index in [1.165, 1.54) is 100 Å². The van der Waals surface area contributed by atoms with Gasteiger partial charge in [0.25, 0.3) is 0 Å². The fourth-order valence-corrected chi connectivity index (χ4v) is 21.6. The molecule has 0 spiro atoms. The van der Waals surface area contributed by atoms with E-state index in [1.54, 1.807) is 0 Å². The maximum absolute atomic E-state index is 6.91. The van der Waals surface area contributed by atoms with E-state index < -0.39 is 0 Å². The molecule has 0 amide bonds. The first kappa shape index (κ1) is 53.3. The third-order valence-electron chi connectivity index (χ3n) is 22.4. The Morgan fingerprint density at radius 3 is 0.487 bits per heavy atom. The van der Waals surface area contributed by atoms with Gasteiger partial charge < -0.3 is 0 Å². The van der Waals surface area contributed by atoms with Crippen molar-refractivity contribution in [1.82, 2.24) is 0 Å². The molecule has 0 N–H and O–H groups in total. The van der Waals surface area contributed by atoms with Crippen LogP contribution in [0.4, 0.5) is 0 Å². The van der Waals surface area contributed by atoms with Crippen molar-refractivity contribution in [3.8, 4) is 74.1 Å². The molecule has 6 aromatic carbocycles. The Morgan fingerprint density at radius 2 is 0.362 bits per heavy atom. The second-order valence-electron chi connectivity index (χ2n) is 28.3. The van der Waals surface area contributed by atoms with Crippen LogP contribution in [0.3, 0.4) is 0 Å². The van der Waals surface area contributed by atoms with Crippen LogP contribution in [0.25, 0.3) is 0 Å². The van der Waals surface area contributed by atoms with Gasteiger partial charge in [-0.05, 0) is 270 Å². The lowest BCUT2D eigenvalue weighted by atomic mass is 9.22. The molecular formula is C80H78. The Morgan fingerprint density at radius 1 is 0.225 bits per heavy atom. The molecule has 8 aliphatic rings. The van der Waals surface area contributed by atoms with Crippen molar-refractivity contribution < 1.29 is 0 Å². The van der Waals surface area contributed by atoms with Crippen LogP contribution < -0.4 is 0 Å². The van der Waals surface area contributed by atoms with Gasteiger partial charge in [-0.3, -0.25) is 0 Å². The summed E-state index contributed by atoms with van der Waals surface area (Å²) < 4.78 is 0. The second kappa shape index (κ2) is 17.6. The summed E-state index contributed by atoms with van der Waals surface area (Å²) >= 11 is 0. The van der Waals surface area contributed by atoms with Gasteiger partial charge >= 0.3 is 0 Å². The van der Waals surface area contributed by atoms with E-state index in [1.807, 2.05) is 0 Å². The maximum atomic E-state index is 6.91. The van der Waals surface area contributed by atoms with Gasteiger partial charge in [-0.25, -0.2) is 0 Å². The van der Waals surface area contributed by atoms with Crippen molar-refractivity contribution in [2.45, 2.75) is 193 Å². The van der Waals surface area contributed by atoms with Crippen LogP contribution >= 0.6 is 0 Å². The molecule has 6 aromatic rings. The van der Waals surface area contributed by atoms with Gasteiger partial charge in [0.2, 0.25) is 0 Å². The van der Waals surface area contributed by atoms with E-state index in [0.717, 1.165) is 110 Å². The van der Waals surface area contributed by atoms with Crippen LogP contribution in [0.15, 0.2) is 72.8 Å². The van der Waals surface area contributed by atoms with Crippen molar-refractivity contribution in [3.05, 3.63) is 206 Å². The summed E-state index contributed by atoms with van der Waals surface area (Å²) in [6.07, 6.45) is 53.1. The molecule has 0 heterocycles. The molecule has 0 saturated heterocycles. The lowest BCUT2D eigenvalue weighted by Crippen LogP contribution is -2.75. The van der Waals surface area contributed by atoms with E-state index in [0.29, 0.717) is 0 Å². The minimum absolute atomic E-state index is 0.305. The Bertz CT molecular complexity index is 3340. The predicted molar refractivity (Wildman–Crippen MR) is 333 cm³/mol. The van der Waals surface area contributed by atoms with Gasteiger partial charge in [0.05, 0.1) is 0 Å². The molecule has 0 unspecified atom stereocenters. The van der Waals surface area contributed by atoms with E-state index in [9.17, 15) is 0 Å². The fraction of sp³-hybridized carbons (Fsp3) is 0.400. The minimum Gasteiger partial charge on any atom is -0.115 e. The quantitative estimate of drug-likeness (QED) is 0.140. The summed E-state index contributed by atoms with van der Waals surface area (Å²) in [4.78, 5) is 0. The normalized spacial score (nSPS) is 30.2. The Kier molecular flexibility index (Phi) is 11.7. The topological polar surface area (TPSA) is 0 Å². The molecule has 8 fully saturated rings. The van der Waals surface area contributed by atoms with Gasteiger partial charge in [-0.2, -0.15) is 0 Å². The highest BCUT2D eigenvalue weighted by molar-refractivity contribution is 5.65. The fourth-order valence-electron chi connectivity index (χ4n) is 21.6. The summed E-state index contributed by atoms with van der Waals surface area (Å²) in [5.74, 6) is 20.3. The summed E-state index contributed by atoms with van der Waals surface area (Å²) in [6, 6.07) is 28.8. The number of hydrogen-bond acceptors (Lipinski definition) is 0. The van der Waals surface area contributed by atoms with Gasteiger partial charge in [-0.1, -0.05) is 142 Å². The van der Waals surface area contributed by atoms with Gasteiger partial charge in [-0.15, -0.1) is 38.5 Å². The predicted octanol–water partition coefficient (Wildman–Crippen LogP) is 16.9. The number of hydrogen-bond donors (Lipinski definition) is 0. The first-order valence-corrected chi connectivity index (χ1v) is 29.4. The Labute approximate surface area is 481 Å². The summed E-state index contributed by atoms with van der Waals surface area (Å²) in [7, 11) is 0. The highest BCUT2D eigenvalue weighted by Crippen LogP contribution is 2.86. The number of terminal acetylenes is 6. The van der Waals surface area contributed by atoms with Crippen molar-refractivity contribution >= 4 is 0 Å². The van der Waals surface area contributed by atoms with E-state index in [2.05, 4.69) is 191 Å². The summed E-state index contributed by atoms with van der Waals surface area (Å²) in [6.45, 7) is 27.0. The molecule has 14 rings (SSSR count). The third kappa shape index (κ3) is 7.24. The van der Waals surface area contributed by atoms with E-state index in [4.69, 9.17) is 38.5 Å². The maximum Gasteiger partial charge on any atom is 0.0309 e. The standard InChI is InChI=1S/C80H78/c1-19-61-55(13)25-49(7)31-67(61)73-37-74(68-32-50(8)26-56(14)62(68)20-2)39-75(38-73,69-33-51(9)27-57(15)63(69)21-3)45-79(43-73,44-74)80-46-76(70-34-52(10)28-58(16)64(70)22-4)40-77(47-80,71-35-53(11)29-59(17)65(71)23-5)42-78(41-76,48-80)72-36-54(12)30-60(18)66(72)24-6/h1-6,25-36H,37-48H2,7-18H3. The molecule has 0 heteroatoms. The smallest absolute Gasteiger partial charge is 0.0309 e. The molecule has 8 aliphatic carbocycles. The van der Waals surface area contributed by atoms with E-state index >= 15 is 0 Å². The van der Waals surface area contributed by atoms with Crippen molar-refractivity contribution in [1.29, 1.82) is 0 Å². The summed E-state index contributed by atoms with van der Waals surface area (Å²) in [5.41, 5.74) is 25.9. The molecule has 398 valence electrons. The van der Waals surface area contributed by atoms with Gasteiger partial charge in [0.15, 0.2) is 0 Å². The van der Waals surface area contributed by atoms with Crippen molar-refractivity contribution in [3.63, 3.8) is 0 Å². The Hall–Kier alpha value is -7.32. The monoisotopic (exact) mass is 1040 g/mol. The minimum atomic E-state index is -0.366. The zero-order chi connectivity index (χ0) is 57.1.